The van der Waals surface area contributed by atoms with Gasteiger partial charge in [-0.15, -0.1) is 0 Å². The Balaban J connectivity index is 2.61. The van der Waals surface area contributed by atoms with E-state index in [0.717, 1.165) is 0 Å². The number of aromatic carboxylic acids is 1. The van der Waals surface area contributed by atoms with Crippen molar-refractivity contribution in [1.29, 1.82) is 0 Å². The Morgan fingerprint density at radius 3 is 2.53 bits per heavy atom. The van der Waals surface area contributed by atoms with Crippen molar-refractivity contribution in [1.82, 2.24) is 4.98 Å². The number of rotatable bonds is 3. The van der Waals surface area contributed by atoms with Gasteiger partial charge in [0.25, 0.3) is 0 Å². The van der Waals surface area contributed by atoms with Crippen LogP contribution in [0, 0.1) is 5.41 Å². The van der Waals surface area contributed by atoms with Crippen LogP contribution in [0.25, 0.3) is 0 Å². The number of pyridine rings is 1. The molecule has 0 aliphatic rings. The highest BCUT2D eigenvalue weighted by molar-refractivity contribution is 5.87. The van der Waals surface area contributed by atoms with Crippen LogP contribution >= 0.6 is 0 Å². The summed E-state index contributed by atoms with van der Waals surface area (Å²) in [6.07, 6.45) is 1.29. The molecule has 0 spiro atoms. The van der Waals surface area contributed by atoms with Crippen LogP contribution in [0.1, 0.15) is 31.1 Å². The maximum atomic E-state index is 10.5. The Labute approximate surface area is 88.9 Å². The Hall–Kier alpha value is -1.58. The second-order valence-corrected chi connectivity index (χ2v) is 4.54. The second-order valence-electron chi connectivity index (χ2n) is 4.54. The zero-order chi connectivity index (χ0) is 11.5. The third-order valence-electron chi connectivity index (χ3n) is 1.64. The zero-order valence-electron chi connectivity index (χ0n) is 9.15. The number of nitrogens with zero attached hydrogens (tertiary/aromatic N) is 1. The fraction of sp³-hybridized carbons (Fsp3) is 0.455. The SMILES string of the molecule is CC(C)(C)COc1ccc(C(=O)O)cn1. The summed E-state index contributed by atoms with van der Waals surface area (Å²) in [6.45, 7) is 6.71. The van der Waals surface area contributed by atoms with Crippen LogP contribution in [0.3, 0.4) is 0 Å². The van der Waals surface area contributed by atoms with Gasteiger partial charge in [-0.05, 0) is 11.5 Å². The number of aromatic nitrogens is 1. The van der Waals surface area contributed by atoms with Gasteiger partial charge in [0.2, 0.25) is 5.88 Å². The molecule has 0 aliphatic carbocycles. The van der Waals surface area contributed by atoms with Gasteiger partial charge in [0.15, 0.2) is 0 Å². The fourth-order valence-corrected chi connectivity index (χ4v) is 0.883. The molecule has 1 rings (SSSR count). The molecule has 0 saturated carbocycles. The molecular weight excluding hydrogens is 194 g/mol. The highest BCUT2D eigenvalue weighted by atomic mass is 16.5. The van der Waals surface area contributed by atoms with E-state index in [2.05, 4.69) is 25.8 Å². The lowest BCUT2D eigenvalue weighted by Gasteiger charge is -2.18. The van der Waals surface area contributed by atoms with Crippen molar-refractivity contribution in [2.75, 3.05) is 6.61 Å². The van der Waals surface area contributed by atoms with Crippen LogP contribution in [-0.4, -0.2) is 22.7 Å². The van der Waals surface area contributed by atoms with Crippen LogP contribution < -0.4 is 4.74 Å². The summed E-state index contributed by atoms with van der Waals surface area (Å²) in [4.78, 5) is 14.4. The Morgan fingerprint density at radius 2 is 2.13 bits per heavy atom. The average molecular weight is 209 g/mol. The first-order valence-corrected chi connectivity index (χ1v) is 4.71. The predicted molar refractivity (Wildman–Crippen MR) is 56.1 cm³/mol. The fourth-order valence-electron chi connectivity index (χ4n) is 0.883. The summed E-state index contributed by atoms with van der Waals surface area (Å²) in [5, 5.41) is 8.65. The van der Waals surface area contributed by atoms with Crippen molar-refractivity contribution >= 4 is 5.97 Å². The smallest absolute Gasteiger partial charge is 0.337 e. The normalized spacial score (nSPS) is 11.1. The number of carboxylic acid groups (broad SMARTS) is 1. The Morgan fingerprint density at radius 1 is 1.47 bits per heavy atom. The molecule has 0 bridgehead atoms. The highest BCUT2D eigenvalue weighted by Gasteiger charge is 2.11. The number of hydrogen-bond donors (Lipinski definition) is 1. The molecule has 0 fully saturated rings. The van der Waals surface area contributed by atoms with Crippen molar-refractivity contribution in [3.8, 4) is 5.88 Å². The molecule has 15 heavy (non-hydrogen) atoms. The minimum absolute atomic E-state index is 0.0626. The van der Waals surface area contributed by atoms with Crippen LogP contribution in [0.15, 0.2) is 18.3 Å². The summed E-state index contributed by atoms with van der Waals surface area (Å²) >= 11 is 0. The second kappa shape index (κ2) is 4.29. The van der Waals surface area contributed by atoms with Gasteiger partial charge in [0, 0.05) is 12.3 Å². The molecule has 4 heteroatoms. The molecule has 1 N–H and O–H groups in total. The van der Waals surface area contributed by atoms with Crippen LogP contribution in [-0.2, 0) is 0 Å². The largest absolute Gasteiger partial charge is 0.478 e. The van der Waals surface area contributed by atoms with E-state index in [1.54, 1.807) is 6.07 Å². The number of carbonyl (C=O) groups is 1. The molecule has 4 nitrogen and oxygen atoms in total. The summed E-state index contributed by atoms with van der Waals surface area (Å²) < 4.78 is 5.40. The van der Waals surface area contributed by atoms with Gasteiger partial charge in [-0.3, -0.25) is 0 Å². The lowest BCUT2D eigenvalue weighted by molar-refractivity contribution is 0.0696. The highest BCUT2D eigenvalue weighted by Crippen LogP contribution is 2.15. The maximum absolute atomic E-state index is 10.5. The quantitative estimate of drug-likeness (QED) is 0.829. The predicted octanol–water partition coefficient (Wildman–Crippen LogP) is 2.20. The zero-order valence-corrected chi connectivity index (χ0v) is 9.15. The van der Waals surface area contributed by atoms with E-state index in [1.165, 1.54) is 12.3 Å². The van der Waals surface area contributed by atoms with Gasteiger partial charge in [-0.2, -0.15) is 0 Å². The number of hydrogen-bond acceptors (Lipinski definition) is 3. The number of carboxylic acids is 1. The molecular formula is C11H15NO3. The van der Waals surface area contributed by atoms with Gasteiger partial charge in [0.05, 0.1) is 12.2 Å². The lowest BCUT2D eigenvalue weighted by atomic mass is 9.99. The third kappa shape index (κ3) is 3.97. The van der Waals surface area contributed by atoms with Gasteiger partial charge in [-0.25, -0.2) is 9.78 Å². The minimum atomic E-state index is -0.982. The van der Waals surface area contributed by atoms with Crippen LogP contribution in [0.4, 0.5) is 0 Å². The van der Waals surface area contributed by atoms with Crippen LogP contribution in [0.5, 0.6) is 5.88 Å². The first-order chi connectivity index (χ1) is 6.88. The molecule has 1 heterocycles. The molecule has 0 unspecified atom stereocenters. The maximum Gasteiger partial charge on any atom is 0.337 e. The van der Waals surface area contributed by atoms with E-state index in [4.69, 9.17) is 9.84 Å². The standard InChI is InChI=1S/C11H15NO3/c1-11(2,3)7-15-9-5-4-8(6-12-9)10(13)14/h4-6H,7H2,1-3H3,(H,13,14). The first-order valence-electron chi connectivity index (χ1n) is 4.71. The van der Waals surface area contributed by atoms with E-state index < -0.39 is 5.97 Å². The van der Waals surface area contributed by atoms with E-state index in [-0.39, 0.29) is 11.0 Å². The summed E-state index contributed by atoms with van der Waals surface area (Å²) in [6, 6.07) is 3.04. The molecule has 82 valence electrons. The molecule has 1 aromatic rings. The van der Waals surface area contributed by atoms with Crippen molar-refractivity contribution in [2.24, 2.45) is 5.41 Å². The molecule has 0 amide bonds. The summed E-state index contributed by atoms with van der Waals surface area (Å²) in [7, 11) is 0. The molecule has 0 atom stereocenters. The van der Waals surface area contributed by atoms with Crippen molar-refractivity contribution in [3.63, 3.8) is 0 Å². The first kappa shape index (κ1) is 11.5. The Bertz CT molecular complexity index is 338. The van der Waals surface area contributed by atoms with Crippen molar-refractivity contribution in [3.05, 3.63) is 23.9 Å². The monoisotopic (exact) mass is 209 g/mol. The lowest BCUT2D eigenvalue weighted by Crippen LogP contribution is -2.17. The van der Waals surface area contributed by atoms with Gasteiger partial charge in [-0.1, -0.05) is 20.8 Å². The van der Waals surface area contributed by atoms with Crippen LogP contribution in [0.2, 0.25) is 0 Å². The van der Waals surface area contributed by atoms with E-state index in [0.29, 0.717) is 12.5 Å². The molecule has 0 saturated heterocycles. The minimum Gasteiger partial charge on any atom is -0.478 e. The molecule has 0 radical (unpaired) electrons. The van der Waals surface area contributed by atoms with Gasteiger partial charge >= 0.3 is 5.97 Å². The average Bonchev–Trinajstić information content (AvgIpc) is 2.14. The number of ether oxygens (including phenoxy) is 1. The molecule has 0 aromatic carbocycles. The van der Waals surface area contributed by atoms with E-state index in [9.17, 15) is 4.79 Å². The summed E-state index contributed by atoms with van der Waals surface area (Å²) in [5.41, 5.74) is 0.228. The van der Waals surface area contributed by atoms with Crippen molar-refractivity contribution < 1.29 is 14.6 Å². The van der Waals surface area contributed by atoms with E-state index >= 15 is 0 Å². The van der Waals surface area contributed by atoms with E-state index in [1.807, 2.05) is 0 Å². The topological polar surface area (TPSA) is 59.4 Å². The van der Waals surface area contributed by atoms with Crippen molar-refractivity contribution in [2.45, 2.75) is 20.8 Å². The Kier molecular flexibility index (Phi) is 3.29. The molecule has 0 aliphatic heterocycles. The van der Waals surface area contributed by atoms with Gasteiger partial charge in [0.1, 0.15) is 0 Å². The molecule has 1 aromatic heterocycles. The van der Waals surface area contributed by atoms with Gasteiger partial charge < -0.3 is 9.84 Å². The summed E-state index contributed by atoms with van der Waals surface area (Å²) in [5.74, 6) is -0.528. The third-order valence-corrected chi connectivity index (χ3v) is 1.64.